The fraction of sp³-hybridized carbons (Fsp3) is 0.500. The summed E-state index contributed by atoms with van der Waals surface area (Å²) >= 11 is 0. The zero-order chi connectivity index (χ0) is 10.2. The topological polar surface area (TPSA) is 86.2 Å². The summed E-state index contributed by atoms with van der Waals surface area (Å²) in [7, 11) is -4.85. The molecular formula is C6H9FN2O3S. The van der Waals surface area contributed by atoms with Crippen LogP contribution in [0.15, 0.2) is 9.42 Å². The van der Waals surface area contributed by atoms with Gasteiger partial charge in [-0.2, -0.15) is 8.42 Å². The van der Waals surface area contributed by atoms with Crippen molar-refractivity contribution in [3.05, 3.63) is 5.76 Å². The van der Waals surface area contributed by atoms with Crippen LogP contribution in [0.3, 0.4) is 0 Å². The van der Waals surface area contributed by atoms with E-state index >= 15 is 0 Å². The number of rotatable bonds is 2. The monoisotopic (exact) mass is 208 g/mol. The van der Waals surface area contributed by atoms with E-state index in [2.05, 4.69) is 9.68 Å². The minimum absolute atomic E-state index is 0.0556. The van der Waals surface area contributed by atoms with Crippen LogP contribution in [0.2, 0.25) is 0 Å². The molecule has 1 aromatic rings. The number of halogens is 1. The molecule has 74 valence electrons. The maximum Gasteiger partial charge on any atom is 0.339 e. The molecule has 0 aliphatic carbocycles. The summed E-state index contributed by atoms with van der Waals surface area (Å²) in [6.45, 7) is 3.29. The van der Waals surface area contributed by atoms with Crippen LogP contribution in [0.4, 0.5) is 9.70 Å². The number of nitrogen functional groups attached to an aromatic ring is 1. The highest BCUT2D eigenvalue weighted by Crippen LogP contribution is 2.29. The van der Waals surface area contributed by atoms with E-state index in [1.165, 1.54) is 0 Å². The number of hydrogen-bond donors (Lipinski definition) is 1. The SMILES string of the molecule is CC(C)c1onc(N)c1S(=O)(=O)F. The summed E-state index contributed by atoms with van der Waals surface area (Å²) in [6.07, 6.45) is 0. The molecule has 1 aromatic heterocycles. The van der Waals surface area contributed by atoms with E-state index in [4.69, 9.17) is 5.73 Å². The third-order valence-electron chi connectivity index (χ3n) is 1.47. The largest absolute Gasteiger partial charge is 0.380 e. The van der Waals surface area contributed by atoms with Crippen LogP contribution in [0.1, 0.15) is 25.5 Å². The second-order valence-electron chi connectivity index (χ2n) is 2.85. The van der Waals surface area contributed by atoms with Crippen molar-refractivity contribution in [3.8, 4) is 0 Å². The zero-order valence-corrected chi connectivity index (χ0v) is 7.93. The van der Waals surface area contributed by atoms with Crippen molar-refractivity contribution < 1.29 is 16.8 Å². The van der Waals surface area contributed by atoms with Crippen LogP contribution in [-0.2, 0) is 10.2 Å². The molecular weight excluding hydrogens is 199 g/mol. The Balaban J connectivity index is 3.42. The van der Waals surface area contributed by atoms with E-state index in [1.54, 1.807) is 13.8 Å². The van der Waals surface area contributed by atoms with Crippen molar-refractivity contribution in [2.45, 2.75) is 24.7 Å². The van der Waals surface area contributed by atoms with Gasteiger partial charge in [-0.3, -0.25) is 0 Å². The maximum atomic E-state index is 12.6. The molecule has 0 radical (unpaired) electrons. The average molecular weight is 208 g/mol. The highest BCUT2D eigenvalue weighted by Gasteiger charge is 2.28. The maximum absolute atomic E-state index is 12.6. The molecule has 0 aromatic carbocycles. The van der Waals surface area contributed by atoms with Gasteiger partial charge in [0.2, 0.25) is 0 Å². The van der Waals surface area contributed by atoms with Gasteiger partial charge >= 0.3 is 10.2 Å². The molecule has 5 nitrogen and oxygen atoms in total. The standard InChI is InChI=1S/C6H9FN2O3S/c1-3(2)4-5(13(7,10)11)6(8)9-12-4/h3H,1-2H3,(H2,8,9). The van der Waals surface area contributed by atoms with Crippen LogP contribution in [-0.4, -0.2) is 13.6 Å². The Hall–Kier alpha value is -1.11. The van der Waals surface area contributed by atoms with Gasteiger partial charge in [0.15, 0.2) is 16.5 Å². The summed E-state index contributed by atoms with van der Waals surface area (Å²) in [6, 6.07) is 0. The Kier molecular flexibility index (Phi) is 2.29. The predicted molar refractivity (Wildman–Crippen MR) is 43.3 cm³/mol. The lowest BCUT2D eigenvalue weighted by atomic mass is 10.1. The molecule has 0 atom stereocenters. The predicted octanol–water partition coefficient (Wildman–Crippen LogP) is 1.04. The molecule has 0 saturated heterocycles. The molecule has 0 amide bonds. The number of nitrogens with two attached hydrogens (primary N) is 1. The number of aromatic nitrogens is 1. The summed E-state index contributed by atoms with van der Waals surface area (Å²) < 4.78 is 38.4. The smallest absolute Gasteiger partial charge is 0.339 e. The second-order valence-corrected chi connectivity index (χ2v) is 4.14. The van der Waals surface area contributed by atoms with Gasteiger partial charge in [-0.05, 0) is 0 Å². The van der Waals surface area contributed by atoms with Crippen LogP contribution in [0.5, 0.6) is 0 Å². The molecule has 0 unspecified atom stereocenters. The summed E-state index contributed by atoms with van der Waals surface area (Å²) in [4.78, 5) is -0.650. The van der Waals surface area contributed by atoms with E-state index in [0.29, 0.717) is 0 Å². The van der Waals surface area contributed by atoms with Gasteiger partial charge in [0.05, 0.1) is 0 Å². The zero-order valence-electron chi connectivity index (χ0n) is 7.11. The van der Waals surface area contributed by atoms with Gasteiger partial charge in [-0.15, -0.1) is 3.89 Å². The van der Waals surface area contributed by atoms with Crippen molar-refractivity contribution in [1.29, 1.82) is 0 Å². The summed E-state index contributed by atoms with van der Waals surface area (Å²) in [5.74, 6) is -0.781. The van der Waals surface area contributed by atoms with Crippen LogP contribution in [0.25, 0.3) is 0 Å². The Morgan fingerprint density at radius 1 is 1.54 bits per heavy atom. The highest BCUT2D eigenvalue weighted by molar-refractivity contribution is 7.86. The Bertz CT molecular complexity index is 410. The van der Waals surface area contributed by atoms with Crippen LogP contribution in [0, 0.1) is 0 Å². The highest BCUT2D eigenvalue weighted by atomic mass is 32.3. The molecule has 0 aliphatic rings. The van der Waals surface area contributed by atoms with Gasteiger partial charge in [0, 0.05) is 5.92 Å². The van der Waals surface area contributed by atoms with Crippen molar-refractivity contribution in [2.75, 3.05) is 5.73 Å². The number of anilines is 1. The quantitative estimate of drug-likeness (QED) is 0.734. The molecule has 0 bridgehead atoms. The van der Waals surface area contributed by atoms with E-state index in [9.17, 15) is 12.3 Å². The van der Waals surface area contributed by atoms with Crippen molar-refractivity contribution in [1.82, 2.24) is 5.16 Å². The van der Waals surface area contributed by atoms with E-state index in [0.717, 1.165) is 0 Å². The third-order valence-corrected chi connectivity index (χ3v) is 2.36. The van der Waals surface area contributed by atoms with Crippen LogP contribution >= 0.6 is 0 Å². The molecule has 7 heteroatoms. The fourth-order valence-electron chi connectivity index (χ4n) is 0.920. The number of nitrogens with zero attached hydrogens (tertiary/aromatic N) is 1. The van der Waals surface area contributed by atoms with E-state index in [1.807, 2.05) is 0 Å². The molecule has 0 fully saturated rings. The van der Waals surface area contributed by atoms with Gasteiger partial charge in [-0.25, -0.2) is 0 Å². The summed E-state index contributed by atoms with van der Waals surface area (Å²) in [5.41, 5.74) is 5.14. The molecule has 1 heterocycles. The van der Waals surface area contributed by atoms with Crippen molar-refractivity contribution >= 4 is 16.0 Å². The minimum atomic E-state index is -4.85. The van der Waals surface area contributed by atoms with Crippen LogP contribution < -0.4 is 5.73 Å². The molecule has 2 N–H and O–H groups in total. The molecule has 1 rings (SSSR count). The fourth-order valence-corrected chi connectivity index (χ4v) is 1.72. The van der Waals surface area contributed by atoms with Crippen molar-refractivity contribution in [2.24, 2.45) is 0 Å². The Morgan fingerprint density at radius 3 is 2.38 bits per heavy atom. The van der Waals surface area contributed by atoms with Gasteiger partial charge in [0.25, 0.3) is 0 Å². The first-order valence-electron chi connectivity index (χ1n) is 3.53. The number of hydrogen-bond acceptors (Lipinski definition) is 5. The second kappa shape index (κ2) is 2.99. The normalized spacial score (nSPS) is 12.3. The van der Waals surface area contributed by atoms with Gasteiger partial charge < -0.3 is 10.3 Å². The van der Waals surface area contributed by atoms with Gasteiger partial charge in [0.1, 0.15) is 0 Å². The lowest BCUT2D eigenvalue weighted by Gasteiger charge is -1.99. The first-order valence-corrected chi connectivity index (χ1v) is 4.92. The van der Waals surface area contributed by atoms with Crippen molar-refractivity contribution in [3.63, 3.8) is 0 Å². The lowest BCUT2D eigenvalue weighted by Crippen LogP contribution is -2.00. The Labute approximate surface area is 74.9 Å². The minimum Gasteiger partial charge on any atom is -0.380 e. The molecule has 0 saturated carbocycles. The first kappa shape index (κ1) is 9.97. The molecule has 13 heavy (non-hydrogen) atoms. The third kappa shape index (κ3) is 1.80. The first-order chi connectivity index (χ1) is 5.84. The molecule has 0 aliphatic heterocycles. The van der Waals surface area contributed by atoms with E-state index < -0.39 is 20.9 Å². The summed E-state index contributed by atoms with van der Waals surface area (Å²) in [5, 5.41) is 3.19. The lowest BCUT2D eigenvalue weighted by molar-refractivity contribution is 0.368. The van der Waals surface area contributed by atoms with Gasteiger partial charge in [-0.1, -0.05) is 19.0 Å². The molecule has 0 spiro atoms. The Morgan fingerprint density at radius 2 is 2.08 bits per heavy atom. The van der Waals surface area contributed by atoms with E-state index in [-0.39, 0.29) is 11.7 Å². The average Bonchev–Trinajstić information content (AvgIpc) is 2.28.